The van der Waals surface area contributed by atoms with Crippen molar-refractivity contribution in [2.24, 2.45) is 5.92 Å². The van der Waals surface area contributed by atoms with E-state index in [1.54, 1.807) is 0 Å². The molecule has 4 heteroatoms. The third-order valence-corrected chi connectivity index (χ3v) is 3.15. The predicted molar refractivity (Wildman–Crippen MR) is 84.5 cm³/mol. The highest BCUT2D eigenvalue weighted by Crippen LogP contribution is 2.13. The molecule has 0 fully saturated rings. The Morgan fingerprint density at radius 1 is 1.20 bits per heavy atom. The van der Waals surface area contributed by atoms with E-state index in [-0.39, 0.29) is 5.91 Å². The number of anilines is 1. The van der Waals surface area contributed by atoms with Crippen molar-refractivity contribution in [3.8, 4) is 0 Å². The quantitative estimate of drug-likeness (QED) is 0.774. The zero-order valence-electron chi connectivity index (χ0n) is 13.1. The molecule has 0 bridgehead atoms. The molecule has 0 aliphatic rings. The van der Waals surface area contributed by atoms with Crippen LogP contribution in [0.1, 0.15) is 19.4 Å². The number of likely N-dealkylation sites (N-methyl/N-ethyl adjacent to an activating group) is 1. The summed E-state index contributed by atoms with van der Waals surface area (Å²) in [6, 6.07) is 7.58. The topological polar surface area (TPSA) is 49.6 Å². The molecule has 4 nitrogen and oxygen atoms in total. The van der Waals surface area contributed by atoms with E-state index in [0.29, 0.717) is 18.0 Å². The number of hydrogen-bond acceptors (Lipinski definition) is 3. The van der Waals surface area contributed by atoms with E-state index in [1.807, 2.05) is 43.3 Å². The summed E-state index contributed by atoms with van der Waals surface area (Å²) in [6.45, 7) is 6.69. The van der Waals surface area contributed by atoms with Crippen LogP contribution in [0, 0.1) is 5.92 Å². The Morgan fingerprint density at radius 3 is 2.40 bits per heavy atom. The second-order valence-corrected chi connectivity index (χ2v) is 5.91. The molecule has 0 spiro atoms. The van der Waals surface area contributed by atoms with Gasteiger partial charge in [-0.15, -0.1) is 0 Å². The highest BCUT2D eigenvalue weighted by Gasteiger charge is 2.16. The van der Waals surface area contributed by atoms with Crippen LogP contribution >= 0.6 is 0 Å². The van der Waals surface area contributed by atoms with Crippen molar-refractivity contribution in [2.45, 2.75) is 20.3 Å². The Morgan fingerprint density at radius 2 is 1.85 bits per heavy atom. The molecule has 112 valence electrons. The first kappa shape index (κ1) is 16.5. The first-order valence-corrected chi connectivity index (χ1v) is 7.16. The maximum atomic E-state index is 12.5. The van der Waals surface area contributed by atoms with Gasteiger partial charge in [0.2, 0.25) is 5.91 Å². The molecule has 1 aromatic carbocycles. The number of rotatable bonds is 7. The lowest BCUT2D eigenvalue weighted by Crippen LogP contribution is -2.39. The number of benzene rings is 1. The van der Waals surface area contributed by atoms with Gasteiger partial charge in [0.25, 0.3) is 0 Å². The largest absolute Gasteiger partial charge is 0.398 e. The molecule has 1 rings (SSSR count). The van der Waals surface area contributed by atoms with Crippen LogP contribution < -0.4 is 5.73 Å². The minimum absolute atomic E-state index is 0.151. The third-order valence-electron chi connectivity index (χ3n) is 3.15. The third kappa shape index (κ3) is 5.61. The number of nitrogens with zero attached hydrogens (tertiary/aromatic N) is 2. The number of nitrogens with two attached hydrogens (primary N) is 1. The van der Waals surface area contributed by atoms with Crippen molar-refractivity contribution in [3.63, 3.8) is 0 Å². The SMILES string of the molecule is CC(C)CN(CCN(C)C)C(=O)Cc1ccccc1N. The minimum Gasteiger partial charge on any atom is -0.398 e. The van der Waals surface area contributed by atoms with Gasteiger partial charge in [-0.3, -0.25) is 4.79 Å². The smallest absolute Gasteiger partial charge is 0.227 e. The first-order chi connectivity index (χ1) is 9.40. The van der Waals surface area contributed by atoms with Gasteiger partial charge >= 0.3 is 0 Å². The average Bonchev–Trinajstić information content (AvgIpc) is 2.36. The Labute approximate surface area is 122 Å². The van der Waals surface area contributed by atoms with Gasteiger partial charge in [0.05, 0.1) is 6.42 Å². The number of hydrogen-bond donors (Lipinski definition) is 1. The molecule has 0 unspecified atom stereocenters. The van der Waals surface area contributed by atoms with Crippen molar-refractivity contribution in [2.75, 3.05) is 39.5 Å². The molecule has 0 heterocycles. The van der Waals surface area contributed by atoms with Gasteiger partial charge in [0, 0.05) is 25.3 Å². The van der Waals surface area contributed by atoms with Crippen molar-refractivity contribution in [1.82, 2.24) is 9.80 Å². The molecule has 0 aromatic heterocycles. The van der Waals surface area contributed by atoms with Gasteiger partial charge in [-0.2, -0.15) is 0 Å². The molecule has 2 N–H and O–H groups in total. The van der Waals surface area contributed by atoms with Crippen LogP contribution in [0.5, 0.6) is 0 Å². The highest BCUT2D eigenvalue weighted by atomic mass is 16.2. The lowest BCUT2D eigenvalue weighted by Gasteiger charge is -2.26. The molecule has 1 aromatic rings. The van der Waals surface area contributed by atoms with E-state index in [0.717, 1.165) is 25.2 Å². The average molecular weight is 277 g/mol. The van der Waals surface area contributed by atoms with Crippen LogP contribution in [0.3, 0.4) is 0 Å². The summed E-state index contributed by atoms with van der Waals surface area (Å²) in [5.41, 5.74) is 7.52. The number of amides is 1. The summed E-state index contributed by atoms with van der Waals surface area (Å²) in [5.74, 6) is 0.618. The van der Waals surface area contributed by atoms with Gasteiger partial charge in [-0.25, -0.2) is 0 Å². The lowest BCUT2D eigenvalue weighted by molar-refractivity contribution is -0.131. The van der Waals surface area contributed by atoms with Gasteiger partial charge < -0.3 is 15.5 Å². The molecule has 0 saturated carbocycles. The van der Waals surface area contributed by atoms with E-state index in [9.17, 15) is 4.79 Å². The standard InChI is InChI=1S/C16H27N3O/c1-13(2)12-19(10-9-18(3)4)16(20)11-14-7-5-6-8-15(14)17/h5-8,13H,9-12,17H2,1-4H3. The molecule has 0 radical (unpaired) electrons. The normalized spacial score (nSPS) is 11.1. The molecular formula is C16H27N3O. The van der Waals surface area contributed by atoms with Crippen molar-refractivity contribution in [1.29, 1.82) is 0 Å². The van der Waals surface area contributed by atoms with Gasteiger partial charge in [-0.05, 0) is 31.6 Å². The summed E-state index contributed by atoms with van der Waals surface area (Å²) in [4.78, 5) is 16.5. The summed E-state index contributed by atoms with van der Waals surface area (Å²) in [5, 5.41) is 0. The van der Waals surface area contributed by atoms with Crippen LogP contribution in [0.25, 0.3) is 0 Å². The fourth-order valence-electron chi connectivity index (χ4n) is 2.05. The van der Waals surface area contributed by atoms with E-state index in [1.165, 1.54) is 0 Å². The summed E-state index contributed by atoms with van der Waals surface area (Å²) in [6.07, 6.45) is 0.382. The monoisotopic (exact) mass is 277 g/mol. The van der Waals surface area contributed by atoms with Crippen LogP contribution in [-0.2, 0) is 11.2 Å². The molecule has 0 aliphatic carbocycles. The first-order valence-electron chi connectivity index (χ1n) is 7.16. The van der Waals surface area contributed by atoms with Crippen molar-refractivity contribution < 1.29 is 4.79 Å². The van der Waals surface area contributed by atoms with E-state index in [4.69, 9.17) is 5.73 Å². The molecule has 0 aliphatic heterocycles. The molecule has 20 heavy (non-hydrogen) atoms. The van der Waals surface area contributed by atoms with Gasteiger partial charge in [0.15, 0.2) is 0 Å². The highest BCUT2D eigenvalue weighted by molar-refractivity contribution is 5.80. The Bertz CT molecular complexity index is 429. The number of carbonyl (C=O) groups is 1. The van der Waals surface area contributed by atoms with Crippen LogP contribution in [0.4, 0.5) is 5.69 Å². The second kappa shape index (κ2) is 7.90. The summed E-state index contributed by atoms with van der Waals surface area (Å²) in [7, 11) is 4.04. The van der Waals surface area contributed by atoms with E-state index in [2.05, 4.69) is 18.7 Å². The fraction of sp³-hybridized carbons (Fsp3) is 0.562. The maximum absolute atomic E-state index is 12.5. The van der Waals surface area contributed by atoms with Gasteiger partial charge in [-0.1, -0.05) is 32.0 Å². The zero-order valence-corrected chi connectivity index (χ0v) is 13.1. The predicted octanol–water partition coefficient (Wildman–Crippen LogP) is 1.86. The Balaban J connectivity index is 2.69. The minimum atomic E-state index is 0.151. The molecule has 0 saturated heterocycles. The molecule has 0 atom stereocenters. The lowest BCUT2D eigenvalue weighted by atomic mass is 10.1. The maximum Gasteiger partial charge on any atom is 0.227 e. The van der Waals surface area contributed by atoms with E-state index >= 15 is 0 Å². The Hall–Kier alpha value is -1.55. The summed E-state index contributed by atoms with van der Waals surface area (Å²) >= 11 is 0. The van der Waals surface area contributed by atoms with Crippen LogP contribution in [0.15, 0.2) is 24.3 Å². The molecule has 1 amide bonds. The number of carbonyl (C=O) groups excluding carboxylic acids is 1. The van der Waals surface area contributed by atoms with Crippen molar-refractivity contribution in [3.05, 3.63) is 29.8 Å². The fourth-order valence-corrected chi connectivity index (χ4v) is 2.05. The number of nitrogen functional groups attached to an aromatic ring is 1. The zero-order chi connectivity index (χ0) is 15.1. The second-order valence-electron chi connectivity index (χ2n) is 5.91. The van der Waals surface area contributed by atoms with E-state index < -0.39 is 0 Å². The van der Waals surface area contributed by atoms with Gasteiger partial charge in [0.1, 0.15) is 0 Å². The van der Waals surface area contributed by atoms with Crippen LogP contribution in [0.2, 0.25) is 0 Å². The van der Waals surface area contributed by atoms with Crippen molar-refractivity contribution >= 4 is 11.6 Å². The molecular weight excluding hydrogens is 250 g/mol. The van der Waals surface area contributed by atoms with Crippen LogP contribution in [-0.4, -0.2) is 49.4 Å². The Kier molecular flexibility index (Phi) is 6.52. The summed E-state index contributed by atoms with van der Waals surface area (Å²) < 4.78 is 0. The number of para-hydroxylation sites is 1.